The van der Waals surface area contributed by atoms with Crippen LogP contribution in [0.15, 0.2) is 12.1 Å². The van der Waals surface area contributed by atoms with E-state index in [2.05, 4.69) is 10.3 Å². The van der Waals surface area contributed by atoms with Crippen molar-refractivity contribution in [2.75, 3.05) is 37.0 Å². The van der Waals surface area contributed by atoms with Crippen molar-refractivity contribution < 1.29 is 9.66 Å². The molecule has 1 aliphatic rings. The summed E-state index contributed by atoms with van der Waals surface area (Å²) in [5.41, 5.74) is 0.0241. The fourth-order valence-electron chi connectivity index (χ4n) is 2.12. The van der Waals surface area contributed by atoms with E-state index < -0.39 is 4.92 Å². The zero-order valence-electron chi connectivity index (χ0n) is 11.1. The first-order chi connectivity index (χ1) is 9.13. The van der Waals surface area contributed by atoms with Crippen molar-refractivity contribution in [1.82, 2.24) is 4.98 Å². The lowest BCUT2D eigenvalue weighted by Crippen LogP contribution is -2.33. The number of pyridine rings is 1. The van der Waals surface area contributed by atoms with Crippen LogP contribution in [-0.4, -0.2) is 42.8 Å². The molecule has 19 heavy (non-hydrogen) atoms. The third-order valence-electron chi connectivity index (χ3n) is 3.20. The molecule has 1 atom stereocenters. The second-order valence-electron chi connectivity index (χ2n) is 4.45. The average Bonchev–Trinajstić information content (AvgIpc) is 2.91. The van der Waals surface area contributed by atoms with Crippen LogP contribution in [0.4, 0.5) is 17.3 Å². The zero-order valence-corrected chi connectivity index (χ0v) is 11.1. The van der Waals surface area contributed by atoms with Crippen molar-refractivity contribution in [3.63, 3.8) is 0 Å². The van der Waals surface area contributed by atoms with E-state index in [1.165, 1.54) is 6.07 Å². The minimum absolute atomic E-state index is 0.0241. The van der Waals surface area contributed by atoms with Gasteiger partial charge in [0.25, 0.3) is 0 Å². The maximum atomic E-state index is 11.1. The molecule has 0 saturated carbocycles. The molecule has 0 bridgehead atoms. The molecule has 1 unspecified atom stereocenters. The Hall–Kier alpha value is -1.89. The molecule has 1 aromatic heterocycles. The summed E-state index contributed by atoms with van der Waals surface area (Å²) in [5, 5.41) is 14.2. The number of nitro groups is 1. The van der Waals surface area contributed by atoms with Gasteiger partial charge >= 0.3 is 5.69 Å². The number of aromatic nitrogens is 1. The van der Waals surface area contributed by atoms with E-state index in [0.717, 1.165) is 13.0 Å². The molecule has 1 aliphatic heterocycles. The van der Waals surface area contributed by atoms with E-state index >= 15 is 0 Å². The lowest BCUT2D eigenvalue weighted by atomic mass is 10.2. The van der Waals surface area contributed by atoms with Crippen LogP contribution in [0.3, 0.4) is 0 Å². The minimum atomic E-state index is -0.398. The molecule has 1 fully saturated rings. The van der Waals surface area contributed by atoms with Gasteiger partial charge in [-0.1, -0.05) is 0 Å². The van der Waals surface area contributed by atoms with Gasteiger partial charge in [0.2, 0.25) is 5.82 Å². The van der Waals surface area contributed by atoms with Crippen LogP contribution < -0.4 is 10.2 Å². The maximum absolute atomic E-state index is 11.1. The van der Waals surface area contributed by atoms with Gasteiger partial charge in [0, 0.05) is 26.3 Å². The summed E-state index contributed by atoms with van der Waals surface area (Å²) < 4.78 is 5.32. The lowest BCUT2D eigenvalue weighted by Gasteiger charge is -2.24. The molecule has 2 rings (SSSR count). The summed E-state index contributed by atoms with van der Waals surface area (Å²) in [6.45, 7) is 3.95. The minimum Gasteiger partial charge on any atom is -0.379 e. The van der Waals surface area contributed by atoms with Gasteiger partial charge in [0.05, 0.1) is 17.6 Å². The van der Waals surface area contributed by atoms with E-state index in [0.29, 0.717) is 24.8 Å². The highest BCUT2D eigenvalue weighted by Gasteiger charge is 2.27. The molecule has 0 amide bonds. The Labute approximate surface area is 111 Å². The van der Waals surface area contributed by atoms with Gasteiger partial charge in [-0.2, -0.15) is 0 Å². The van der Waals surface area contributed by atoms with Gasteiger partial charge in [-0.3, -0.25) is 10.1 Å². The summed E-state index contributed by atoms with van der Waals surface area (Å²) in [4.78, 5) is 16.9. The average molecular weight is 266 g/mol. The van der Waals surface area contributed by atoms with Gasteiger partial charge in [-0.15, -0.1) is 0 Å². The number of hydrogen-bond acceptors (Lipinski definition) is 6. The predicted molar refractivity (Wildman–Crippen MR) is 72.7 cm³/mol. The van der Waals surface area contributed by atoms with E-state index in [4.69, 9.17) is 4.74 Å². The molecule has 1 saturated heterocycles. The molecule has 2 heterocycles. The highest BCUT2D eigenvalue weighted by molar-refractivity contribution is 5.62. The van der Waals surface area contributed by atoms with Crippen LogP contribution in [0.2, 0.25) is 0 Å². The largest absolute Gasteiger partial charge is 0.379 e. The van der Waals surface area contributed by atoms with Crippen molar-refractivity contribution in [3.8, 4) is 0 Å². The van der Waals surface area contributed by atoms with Crippen molar-refractivity contribution in [1.29, 1.82) is 0 Å². The van der Waals surface area contributed by atoms with Crippen LogP contribution in [-0.2, 0) is 4.74 Å². The van der Waals surface area contributed by atoms with Gasteiger partial charge in [-0.25, -0.2) is 4.98 Å². The number of hydrogen-bond donors (Lipinski definition) is 1. The van der Waals surface area contributed by atoms with Crippen molar-refractivity contribution in [2.24, 2.45) is 0 Å². The Morgan fingerprint density at radius 3 is 3.00 bits per heavy atom. The summed E-state index contributed by atoms with van der Waals surface area (Å²) in [6.07, 6.45) is 0.862. The molecule has 0 aromatic carbocycles. The summed E-state index contributed by atoms with van der Waals surface area (Å²) in [5.74, 6) is 1.04. The van der Waals surface area contributed by atoms with Crippen LogP contribution >= 0.6 is 0 Å². The van der Waals surface area contributed by atoms with Crippen LogP contribution in [0, 0.1) is 10.1 Å². The Morgan fingerprint density at radius 2 is 2.42 bits per heavy atom. The highest BCUT2D eigenvalue weighted by atomic mass is 16.6. The summed E-state index contributed by atoms with van der Waals surface area (Å²) >= 11 is 0. The molecule has 7 nitrogen and oxygen atoms in total. The first-order valence-electron chi connectivity index (χ1n) is 6.33. The first-order valence-corrected chi connectivity index (χ1v) is 6.33. The molecule has 1 aromatic rings. The standard InChI is InChI=1S/C12H18N4O3/c1-3-13-11-5-4-10(16(17)18)12(14-11)15(2)9-6-7-19-8-9/h4-5,9H,3,6-8H2,1-2H3,(H,13,14). The Balaban J connectivity index is 2.33. The van der Waals surface area contributed by atoms with Crippen molar-refractivity contribution >= 4 is 17.3 Å². The number of rotatable bonds is 5. The van der Waals surface area contributed by atoms with Gasteiger partial charge in [0.1, 0.15) is 5.82 Å². The lowest BCUT2D eigenvalue weighted by molar-refractivity contribution is -0.384. The molecular weight excluding hydrogens is 248 g/mol. The van der Waals surface area contributed by atoms with Crippen molar-refractivity contribution in [3.05, 3.63) is 22.2 Å². The quantitative estimate of drug-likeness (QED) is 0.644. The maximum Gasteiger partial charge on any atom is 0.311 e. The molecule has 0 radical (unpaired) electrons. The number of anilines is 2. The fourth-order valence-corrected chi connectivity index (χ4v) is 2.12. The SMILES string of the molecule is CCNc1ccc([N+](=O)[O-])c(N(C)C2CCOC2)n1. The molecule has 0 spiro atoms. The van der Waals surface area contributed by atoms with Gasteiger partial charge in [-0.05, 0) is 19.4 Å². The molecule has 0 aliphatic carbocycles. The van der Waals surface area contributed by atoms with Crippen LogP contribution in [0.25, 0.3) is 0 Å². The number of nitrogens with one attached hydrogen (secondary N) is 1. The topological polar surface area (TPSA) is 80.5 Å². The fraction of sp³-hybridized carbons (Fsp3) is 0.583. The third-order valence-corrected chi connectivity index (χ3v) is 3.20. The van der Waals surface area contributed by atoms with Gasteiger partial charge < -0.3 is 15.0 Å². The number of ether oxygens (including phenoxy) is 1. The Bertz CT molecular complexity index is 460. The predicted octanol–water partition coefficient (Wildman–Crippen LogP) is 1.65. The first kappa shape index (κ1) is 13.5. The van der Waals surface area contributed by atoms with Gasteiger partial charge in [0.15, 0.2) is 0 Å². The second-order valence-corrected chi connectivity index (χ2v) is 4.45. The summed E-state index contributed by atoms with van der Waals surface area (Å²) in [6, 6.07) is 3.26. The molecular formula is C12H18N4O3. The molecule has 104 valence electrons. The monoisotopic (exact) mass is 266 g/mol. The Morgan fingerprint density at radius 1 is 1.63 bits per heavy atom. The van der Waals surface area contributed by atoms with E-state index in [-0.39, 0.29) is 11.7 Å². The van der Waals surface area contributed by atoms with Crippen molar-refractivity contribution in [2.45, 2.75) is 19.4 Å². The Kier molecular flexibility index (Phi) is 4.16. The van der Waals surface area contributed by atoms with Crippen LogP contribution in [0.5, 0.6) is 0 Å². The normalized spacial score (nSPS) is 18.3. The second kappa shape index (κ2) is 5.83. The van der Waals surface area contributed by atoms with E-state index in [1.807, 2.05) is 18.9 Å². The number of nitrogens with zero attached hydrogens (tertiary/aromatic N) is 3. The molecule has 1 N–H and O–H groups in total. The summed E-state index contributed by atoms with van der Waals surface area (Å²) in [7, 11) is 1.82. The number of likely N-dealkylation sites (N-methyl/N-ethyl adjacent to an activating group) is 1. The third kappa shape index (κ3) is 2.93. The zero-order chi connectivity index (χ0) is 13.8. The highest BCUT2D eigenvalue weighted by Crippen LogP contribution is 2.29. The van der Waals surface area contributed by atoms with E-state index in [1.54, 1.807) is 6.07 Å². The smallest absolute Gasteiger partial charge is 0.311 e. The van der Waals surface area contributed by atoms with Crippen LogP contribution in [0.1, 0.15) is 13.3 Å². The van der Waals surface area contributed by atoms with E-state index in [9.17, 15) is 10.1 Å². The molecule has 7 heteroatoms.